The summed E-state index contributed by atoms with van der Waals surface area (Å²) in [6, 6.07) is 9.77. The average molecular weight is 494 g/mol. The van der Waals surface area contributed by atoms with E-state index in [2.05, 4.69) is 26.8 Å². The Bertz CT molecular complexity index is 1150. The monoisotopic (exact) mass is 493 g/mol. The third-order valence-corrected chi connectivity index (χ3v) is 11.0. The molecule has 0 unspecified atom stereocenters. The molecular weight excluding hydrogens is 466 g/mol. The first-order chi connectivity index (χ1) is 15.4. The number of aromatic nitrogens is 1. The molecule has 2 aliphatic heterocycles. The van der Waals surface area contributed by atoms with Gasteiger partial charge in [0.1, 0.15) is 5.82 Å². The SMILES string of the molecule is O=[S@@]1CCc2cc(N=S3(=O)CCC(c4ccc(Cl)cc4)CC3)nc(NC3(CO)CCC3)c21. The summed E-state index contributed by atoms with van der Waals surface area (Å²) in [4.78, 5) is 5.39. The molecule has 3 heterocycles. The first-order valence-corrected chi connectivity index (χ1v) is 14.7. The first kappa shape index (κ1) is 22.3. The highest BCUT2D eigenvalue weighted by Gasteiger charge is 2.38. The molecule has 2 fully saturated rings. The summed E-state index contributed by atoms with van der Waals surface area (Å²) in [5, 5.41) is 14.0. The molecule has 5 rings (SSSR count). The van der Waals surface area contributed by atoms with Crippen molar-refractivity contribution >= 4 is 43.8 Å². The van der Waals surface area contributed by atoms with Gasteiger partial charge in [-0.1, -0.05) is 23.7 Å². The van der Waals surface area contributed by atoms with Gasteiger partial charge in [0.2, 0.25) is 0 Å². The lowest BCUT2D eigenvalue weighted by molar-refractivity contribution is 0.143. The van der Waals surface area contributed by atoms with Crippen molar-refractivity contribution < 1.29 is 13.5 Å². The van der Waals surface area contributed by atoms with E-state index >= 15 is 0 Å². The van der Waals surface area contributed by atoms with Crippen LogP contribution in [-0.4, -0.2) is 47.9 Å². The van der Waals surface area contributed by atoms with Crippen LogP contribution >= 0.6 is 11.6 Å². The van der Waals surface area contributed by atoms with Crippen LogP contribution in [0.1, 0.15) is 49.1 Å². The average Bonchev–Trinajstić information content (AvgIpc) is 3.12. The number of nitrogens with zero attached hydrogens (tertiary/aromatic N) is 2. The topological polar surface area (TPSA) is 91.7 Å². The zero-order valence-corrected chi connectivity index (χ0v) is 20.3. The molecule has 3 aliphatic rings. The molecule has 172 valence electrons. The van der Waals surface area contributed by atoms with Crippen LogP contribution in [0.25, 0.3) is 0 Å². The lowest BCUT2D eigenvalue weighted by atomic mass is 9.77. The van der Waals surface area contributed by atoms with Crippen LogP contribution in [0.2, 0.25) is 5.02 Å². The minimum atomic E-state index is -2.40. The molecule has 1 aromatic carbocycles. The molecule has 0 radical (unpaired) electrons. The second-order valence-corrected chi connectivity index (χ2v) is 13.6. The van der Waals surface area contributed by atoms with E-state index in [1.165, 1.54) is 5.56 Å². The van der Waals surface area contributed by atoms with Gasteiger partial charge in [-0.15, -0.1) is 0 Å². The van der Waals surface area contributed by atoms with E-state index in [1.54, 1.807) is 0 Å². The van der Waals surface area contributed by atoms with Gasteiger partial charge in [-0.3, -0.25) is 4.21 Å². The van der Waals surface area contributed by atoms with Gasteiger partial charge in [0.25, 0.3) is 0 Å². The maximum atomic E-state index is 13.5. The van der Waals surface area contributed by atoms with Gasteiger partial charge in [-0.25, -0.2) is 9.19 Å². The maximum absolute atomic E-state index is 13.5. The van der Waals surface area contributed by atoms with E-state index < -0.39 is 26.1 Å². The molecule has 32 heavy (non-hydrogen) atoms. The van der Waals surface area contributed by atoms with Gasteiger partial charge in [-0.2, -0.15) is 4.36 Å². The van der Waals surface area contributed by atoms with Gasteiger partial charge >= 0.3 is 0 Å². The van der Waals surface area contributed by atoms with E-state index in [-0.39, 0.29) is 6.61 Å². The van der Waals surface area contributed by atoms with Crippen molar-refractivity contribution in [1.29, 1.82) is 0 Å². The number of hydrogen-bond donors (Lipinski definition) is 2. The predicted octanol–water partition coefficient (Wildman–Crippen LogP) is 4.40. The number of benzene rings is 1. The lowest BCUT2D eigenvalue weighted by Gasteiger charge is -2.41. The summed E-state index contributed by atoms with van der Waals surface area (Å²) in [6.45, 7) is 0.0142. The van der Waals surface area contributed by atoms with Gasteiger partial charge in [0, 0.05) is 22.3 Å². The van der Waals surface area contributed by atoms with E-state index in [1.807, 2.05) is 18.2 Å². The predicted molar refractivity (Wildman–Crippen MR) is 130 cm³/mol. The fourth-order valence-electron chi connectivity index (χ4n) is 4.85. The van der Waals surface area contributed by atoms with Crippen molar-refractivity contribution in [2.24, 2.45) is 4.36 Å². The third kappa shape index (κ3) is 4.34. The number of halogens is 1. The minimum Gasteiger partial charge on any atom is -0.394 e. The van der Waals surface area contributed by atoms with Gasteiger partial charge in [0.15, 0.2) is 5.82 Å². The summed E-state index contributed by atoms with van der Waals surface area (Å²) in [5.41, 5.74) is 1.80. The van der Waals surface area contributed by atoms with Crippen LogP contribution in [0, 0.1) is 0 Å². The Hall–Kier alpha value is -1.48. The fraction of sp³-hybridized carbons (Fsp3) is 0.522. The molecule has 0 bridgehead atoms. The number of aliphatic hydroxyl groups excluding tert-OH is 1. The van der Waals surface area contributed by atoms with E-state index in [0.717, 1.165) is 47.6 Å². The second kappa shape index (κ2) is 8.70. The fourth-order valence-corrected chi connectivity index (χ4v) is 8.48. The lowest BCUT2D eigenvalue weighted by Crippen LogP contribution is -2.48. The smallest absolute Gasteiger partial charge is 0.164 e. The van der Waals surface area contributed by atoms with Gasteiger partial charge in [-0.05, 0) is 73.8 Å². The first-order valence-electron chi connectivity index (χ1n) is 11.2. The summed E-state index contributed by atoms with van der Waals surface area (Å²) >= 11 is 6.00. The summed E-state index contributed by atoms with van der Waals surface area (Å²) in [6.07, 6.45) is 5.10. The summed E-state index contributed by atoms with van der Waals surface area (Å²) in [5.74, 6) is 3.01. The Morgan fingerprint density at radius 1 is 1.25 bits per heavy atom. The Labute approximate surface area is 196 Å². The van der Waals surface area contributed by atoms with Gasteiger partial charge in [0.05, 0.1) is 37.6 Å². The maximum Gasteiger partial charge on any atom is 0.164 e. The number of aryl methyl sites for hydroxylation is 1. The molecule has 0 amide bonds. The normalized spacial score (nSPS) is 28.6. The number of aliphatic hydroxyl groups is 1. The van der Waals surface area contributed by atoms with Crippen LogP contribution in [-0.2, 0) is 26.9 Å². The van der Waals surface area contributed by atoms with Gasteiger partial charge < -0.3 is 10.4 Å². The highest BCUT2D eigenvalue weighted by Crippen LogP contribution is 2.40. The second-order valence-electron chi connectivity index (χ2n) is 9.13. The zero-order valence-electron chi connectivity index (χ0n) is 17.9. The number of rotatable bonds is 5. The molecular formula is C23H28ClN3O3S2. The van der Waals surface area contributed by atoms with Crippen LogP contribution in [0.4, 0.5) is 11.6 Å². The minimum absolute atomic E-state index is 0.0142. The molecule has 2 N–H and O–H groups in total. The molecule has 0 spiro atoms. The van der Waals surface area contributed by atoms with Crippen molar-refractivity contribution in [2.75, 3.05) is 29.2 Å². The molecule has 1 saturated heterocycles. The quantitative estimate of drug-likeness (QED) is 0.644. The highest BCUT2D eigenvalue weighted by molar-refractivity contribution is 7.93. The summed E-state index contributed by atoms with van der Waals surface area (Å²) < 4.78 is 30.8. The van der Waals surface area contributed by atoms with Crippen molar-refractivity contribution in [1.82, 2.24) is 4.98 Å². The van der Waals surface area contributed by atoms with Crippen LogP contribution in [0.5, 0.6) is 0 Å². The molecule has 1 aliphatic carbocycles. The molecule has 1 saturated carbocycles. The molecule has 2 aromatic rings. The van der Waals surface area contributed by atoms with Crippen molar-refractivity contribution in [2.45, 2.75) is 54.9 Å². The molecule has 6 nitrogen and oxygen atoms in total. The van der Waals surface area contributed by atoms with E-state index in [0.29, 0.717) is 41.2 Å². The Morgan fingerprint density at radius 2 is 1.97 bits per heavy atom. The molecule has 1 aromatic heterocycles. The number of nitrogens with one attached hydrogen (secondary N) is 1. The van der Waals surface area contributed by atoms with Crippen LogP contribution < -0.4 is 5.32 Å². The van der Waals surface area contributed by atoms with E-state index in [9.17, 15) is 13.5 Å². The summed E-state index contributed by atoms with van der Waals surface area (Å²) in [7, 11) is -3.50. The van der Waals surface area contributed by atoms with Crippen molar-refractivity contribution in [3.05, 3.63) is 46.5 Å². The Kier molecular flexibility index (Phi) is 6.07. The van der Waals surface area contributed by atoms with E-state index in [4.69, 9.17) is 11.6 Å². The van der Waals surface area contributed by atoms with Crippen LogP contribution in [0.3, 0.4) is 0 Å². The number of fused-ring (bicyclic) bond motifs is 1. The number of anilines is 1. The standard InChI is InChI=1S/C23H28ClN3O3S2/c24-19-4-2-16(3-5-19)17-7-12-32(30,13-8-17)27-20-14-18-6-11-31(29)21(18)22(25-20)26-23(15-28)9-1-10-23/h2-5,14,17,28H,1,6-13,15H2,(H,25,26)/t17?,31-,32?/m1/s1. The highest BCUT2D eigenvalue weighted by atomic mass is 35.5. The Balaban J connectivity index is 1.41. The molecule has 1 atom stereocenters. The Morgan fingerprint density at radius 3 is 2.59 bits per heavy atom. The van der Waals surface area contributed by atoms with Crippen molar-refractivity contribution in [3.63, 3.8) is 0 Å². The zero-order chi connectivity index (χ0) is 22.3. The number of hydrogen-bond acceptors (Lipinski definition) is 6. The molecule has 9 heteroatoms. The van der Waals surface area contributed by atoms with Crippen LogP contribution in [0.15, 0.2) is 39.6 Å². The third-order valence-electron chi connectivity index (χ3n) is 6.99. The largest absolute Gasteiger partial charge is 0.394 e. The number of pyridine rings is 1. The van der Waals surface area contributed by atoms with Crippen molar-refractivity contribution in [3.8, 4) is 0 Å².